The van der Waals surface area contributed by atoms with E-state index >= 15 is 0 Å². The van der Waals surface area contributed by atoms with Gasteiger partial charge in [0.2, 0.25) is 20.0 Å². The number of nitrogens with zero attached hydrogens (tertiary/aromatic N) is 2. The van der Waals surface area contributed by atoms with E-state index in [-0.39, 0.29) is 31.2 Å². The first-order chi connectivity index (χ1) is 15.4. The van der Waals surface area contributed by atoms with E-state index in [9.17, 15) is 33.7 Å². The first-order valence-corrected chi connectivity index (χ1v) is 15.1. The van der Waals surface area contributed by atoms with Gasteiger partial charge in [0, 0.05) is 0 Å². The summed E-state index contributed by atoms with van der Waals surface area (Å²) in [5.74, 6) is 0. The molecular formula is C14H12Cl2N6O8S4. The third-order valence-corrected chi connectivity index (χ3v) is 9.44. The Morgan fingerprint density at radius 3 is 1.29 bits per heavy atom. The molecule has 2 heterocycles. The fraction of sp³-hybridized carbons (Fsp3) is 0. The van der Waals surface area contributed by atoms with E-state index in [4.69, 9.17) is 33.5 Å². The minimum absolute atomic E-state index is 0.0566. The molecule has 0 spiro atoms. The van der Waals surface area contributed by atoms with Crippen molar-refractivity contribution >= 4 is 87.3 Å². The summed E-state index contributed by atoms with van der Waals surface area (Å²) >= 11 is 11.4. The van der Waals surface area contributed by atoms with Crippen LogP contribution in [0.3, 0.4) is 0 Å². The number of aliphatic imine (C=N–C) groups is 2. The summed E-state index contributed by atoms with van der Waals surface area (Å²) < 4.78 is 95.1. The van der Waals surface area contributed by atoms with Crippen LogP contribution in [0.25, 0.3) is 0 Å². The SMILES string of the molecule is NS(=O)(=O)c1cc2c(cc1Cl)N=CNS2(=O)=O.NS(=O)(=O)c1cc2c(cc1Cl)N=CNS2(=O)=O. The van der Waals surface area contributed by atoms with E-state index in [0.717, 1.165) is 36.9 Å². The molecule has 4 rings (SSSR count). The van der Waals surface area contributed by atoms with E-state index in [1.807, 2.05) is 9.44 Å². The molecule has 0 amide bonds. The Morgan fingerprint density at radius 1 is 0.676 bits per heavy atom. The number of hydrogen-bond donors (Lipinski definition) is 4. The second-order valence-corrected chi connectivity index (χ2v) is 13.6. The highest BCUT2D eigenvalue weighted by atomic mass is 35.5. The Hall–Kier alpha value is -2.32. The van der Waals surface area contributed by atoms with Gasteiger partial charge >= 0.3 is 0 Å². The molecule has 34 heavy (non-hydrogen) atoms. The molecule has 0 bridgehead atoms. The zero-order chi connectivity index (χ0) is 25.7. The van der Waals surface area contributed by atoms with Crippen molar-refractivity contribution in [2.24, 2.45) is 20.3 Å². The lowest BCUT2D eigenvalue weighted by Gasteiger charge is -2.13. The van der Waals surface area contributed by atoms with Gasteiger partial charge in [-0.1, -0.05) is 23.2 Å². The van der Waals surface area contributed by atoms with Crippen molar-refractivity contribution in [1.82, 2.24) is 9.44 Å². The number of rotatable bonds is 2. The first-order valence-electron chi connectivity index (χ1n) is 8.26. The molecule has 2 aliphatic rings. The average Bonchev–Trinajstić information content (AvgIpc) is 2.65. The summed E-state index contributed by atoms with van der Waals surface area (Å²) in [6, 6.07) is 4.02. The number of primary sulfonamides is 2. The molecule has 2 aliphatic heterocycles. The highest BCUT2D eigenvalue weighted by Crippen LogP contribution is 2.35. The lowest BCUT2D eigenvalue weighted by atomic mass is 10.3. The molecule has 0 unspecified atom stereocenters. The monoisotopic (exact) mass is 590 g/mol. The van der Waals surface area contributed by atoms with Gasteiger partial charge in [0.25, 0.3) is 20.0 Å². The summed E-state index contributed by atoms with van der Waals surface area (Å²) in [6.45, 7) is 0. The largest absolute Gasteiger partial charge is 0.270 e. The van der Waals surface area contributed by atoms with Crippen LogP contribution in [0.1, 0.15) is 0 Å². The van der Waals surface area contributed by atoms with Crippen LogP contribution in [0.4, 0.5) is 11.4 Å². The van der Waals surface area contributed by atoms with Crippen LogP contribution in [-0.4, -0.2) is 46.3 Å². The lowest BCUT2D eigenvalue weighted by molar-refractivity contribution is 0.588. The summed E-state index contributed by atoms with van der Waals surface area (Å²) in [7, 11) is -15.8. The predicted octanol–water partition coefficient (Wildman–Crippen LogP) is -0.122. The van der Waals surface area contributed by atoms with Gasteiger partial charge in [-0.2, -0.15) is 0 Å². The zero-order valence-electron chi connectivity index (χ0n) is 16.2. The van der Waals surface area contributed by atoms with Gasteiger partial charge in [0.05, 0.1) is 21.4 Å². The van der Waals surface area contributed by atoms with Crippen LogP contribution in [0.5, 0.6) is 0 Å². The Balaban J connectivity index is 0.000000191. The Kier molecular flexibility index (Phi) is 6.74. The van der Waals surface area contributed by atoms with Crippen molar-refractivity contribution in [3.8, 4) is 0 Å². The highest BCUT2D eigenvalue weighted by Gasteiger charge is 2.27. The van der Waals surface area contributed by atoms with Gasteiger partial charge < -0.3 is 0 Å². The second kappa shape index (κ2) is 8.72. The number of nitrogens with two attached hydrogens (primary N) is 2. The third-order valence-electron chi connectivity index (χ3n) is 4.04. The molecule has 14 nitrogen and oxygen atoms in total. The van der Waals surface area contributed by atoms with Crippen molar-refractivity contribution in [3.05, 3.63) is 34.3 Å². The van der Waals surface area contributed by atoms with E-state index < -0.39 is 49.9 Å². The molecule has 2 aromatic rings. The Labute approximate surface area is 203 Å². The van der Waals surface area contributed by atoms with Crippen LogP contribution >= 0.6 is 23.2 Å². The van der Waals surface area contributed by atoms with Crippen LogP contribution in [0.2, 0.25) is 10.0 Å². The standard InChI is InChI=1S/2C7H6ClN3O4S2/c2*8-4-1-5-7(2-6(4)16(9,12)13)17(14,15)11-3-10-5/h2*1-3H,(H,10,11)(H2,9,12,13). The molecule has 0 aromatic heterocycles. The molecule has 0 radical (unpaired) electrons. The van der Waals surface area contributed by atoms with Gasteiger partial charge in [-0.3, -0.25) is 9.44 Å². The summed E-state index contributed by atoms with van der Waals surface area (Å²) in [5.41, 5.74) is 0.113. The molecule has 6 N–H and O–H groups in total. The van der Waals surface area contributed by atoms with E-state index in [1.165, 1.54) is 0 Å². The van der Waals surface area contributed by atoms with Crippen LogP contribution in [0, 0.1) is 0 Å². The maximum atomic E-state index is 11.6. The summed E-state index contributed by atoms with van der Waals surface area (Å²) in [6.07, 6.45) is 1.95. The Bertz CT molecular complexity index is 1570. The van der Waals surface area contributed by atoms with E-state index in [2.05, 4.69) is 9.98 Å². The number of fused-ring (bicyclic) bond motifs is 2. The quantitative estimate of drug-likeness (QED) is 0.366. The van der Waals surface area contributed by atoms with Crippen molar-refractivity contribution in [3.63, 3.8) is 0 Å². The molecule has 0 saturated heterocycles. The molecule has 2 aromatic carbocycles. The Morgan fingerprint density at radius 2 is 1.00 bits per heavy atom. The molecule has 0 atom stereocenters. The molecule has 0 fully saturated rings. The maximum Gasteiger partial charge on any atom is 0.264 e. The van der Waals surface area contributed by atoms with Gasteiger partial charge in [-0.05, 0) is 24.3 Å². The van der Waals surface area contributed by atoms with Crippen LogP contribution in [-0.2, 0) is 40.1 Å². The number of nitrogens with one attached hydrogen (secondary N) is 2. The maximum absolute atomic E-state index is 11.6. The second-order valence-electron chi connectivity index (χ2n) is 6.35. The normalized spacial score (nSPS) is 17.3. The molecular weight excluding hydrogens is 579 g/mol. The van der Waals surface area contributed by atoms with E-state index in [1.54, 1.807) is 0 Å². The van der Waals surface area contributed by atoms with Crippen molar-refractivity contribution in [1.29, 1.82) is 0 Å². The van der Waals surface area contributed by atoms with Crippen molar-refractivity contribution in [2.75, 3.05) is 0 Å². The zero-order valence-corrected chi connectivity index (χ0v) is 20.9. The third kappa shape index (κ3) is 5.33. The minimum Gasteiger partial charge on any atom is -0.270 e. The summed E-state index contributed by atoms with van der Waals surface area (Å²) in [5, 5.41) is 9.47. The van der Waals surface area contributed by atoms with Crippen LogP contribution in [0.15, 0.2) is 53.8 Å². The van der Waals surface area contributed by atoms with Crippen molar-refractivity contribution < 1.29 is 33.7 Å². The van der Waals surface area contributed by atoms with E-state index in [0.29, 0.717) is 0 Å². The average molecular weight is 591 g/mol. The molecule has 0 saturated carbocycles. The van der Waals surface area contributed by atoms with Gasteiger partial charge in [0.1, 0.15) is 32.3 Å². The van der Waals surface area contributed by atoms with Gasteiger partial charge in [0.15, 0.2) is 0 Å². The number of benzene rings is 2. The summed E-state index contributed by atoms with van der Waals surface area (Å²) in [4.78, 5) is 5.99. The lowest BCUT2D eigenvalue weighted by Crippen LogP contribution is -2.25. The highest BCUT2D eigenvalue weighted by molar-refractivity contribution is 7.91. The topological polar surface area (TPSA) is 237 Å². The smallest absolute Gasteiger partial charge is 0.264 e. The fourth-order valence-corrected chi connectivity index (χ4v) is 6.87. The fourth-order valence-electron chi connectivity index (χ4n) is 2.57. The predicted molar refractivity (Wildman–Crippen MR) is 123 cm³/mol. The number of hydrogen-bond acceptors (Lipinski definition) is 10. The molecule has 20 heteroatoms. The number of sulfonamides is 4. The van der Waals surface area contributed by atoms with Gasteiger partial charge in [-0.25, -0.2) is 53.9 Å². The molecule has 184 valence electrons. The molecule has 0 aliphatic carbocycles. The minimum atomic E-state index is -4.09. The van der Waals surface area contributed by atoms with Crippen molar-refractivity contribution in [2.45, 2.75) is 19.6 Å². The number of halogens is 2. The van der Waals surface area contributed by atoms with Gasteiger partial charge in [-0.15, -0.1) is 0 Å². The van der Waals surface area contributed by atoms with Crippen LogP contribution < -0.4 is 19.7 Å². The first kappa shape index (κ1) is 26.3.